The lowest BCUT2D eigenvalue weighted by atomic mass is 10.4. The van der Waals surface area contributed by atoms with Gasteiger partial charge in [0.2, 0.25) is 0 Å². The Labute approximate surface area is 117 Å². The summed E-state index contributed by atoms with van der Waals surface area (Å²) in [6, 6.07) is 1.61. The van der Waals surface area contributed by atoms with Crippen molar-refractivity contribution in [1.29, 1.82) is 0 Å². The number of thiazole rings is 1. The number of nitrogens with one attached hydrogen (secondary N) is 3. The third kappa shape index (κ3) is 2.95. The molecule has 2 aromatic rings. The highest BCUT2D eigenvalue weighted by Crippen LogP contribution is 2.29. The van der Waals surface area contributed by atoms with Gasteiger partial charge in [0.05, 0.1) is 16.6 Å². The van der Waals surface area contributed by atoms with Crippen LogP contribution in [0.1, 0.15) is 5.69 Å². The van der Waals surface area contributed by atoms with Crippen LogP contribution in [0.15, 0.2) is 16.2 Å². The van der Waals surface area contributed by atoms with E-state index < -0.39 is 0 Å². The van der Waals surface area contributed by atoms with Crippen LogP contribution in [0.5, 0.6) is 0 Å². The minimum atomic E-state index is -0.0853. The first kappa shape index (κ1) is 13.2. The van der Waals surface area contributed by atoms with E-state index in [9.17, 15) is 4.79 Å². The van der Waals surface area contributed by atoms with E-state index in [0.717, 1.165) is 17.0 Å². The number of hydrogen-bond donors (Lipinski definition) is 3. The summed E-state index contributed by atoms with van der Waals surface area (Å²) in [7, 11) is 1.72. The number of rotatable bonds is 4. The molecule has 0 amide bonds. The summed E-state index contributed by atoms with van der Waals surface area (Å²) < 4.78 is 0. The standard InChI is InChI=1S/C10H10Cl2N4OS/c1-13-8-6(11)2-7(12)9(16-8)14-3-5-4-18-10(17)15-5/h2,4H,3H2,1H3,(H,15,17)(H2,13,14,16). The van der Waals surface area contributed by atoms with Crippen LogP contribution in [0.2, 0.25) is 10.0 Å². The highest BCUT2D eigenvalue weighted by atomic mass is 35.5. The molecule has 0 saturated heterocycles. The lowest BCUT2D eigenvalue weighted by Crippen LogP contribution is -2.06. The summed E-state index contributed by atoms with van der Waals surface area (Å²) >= 11 is 13.1. The molecule has 0 aliphatic heterocycles. The van der Waals surface area contributed by atoms with Crippen LogP contribution < -0.4 is 15.5 Å². The second-order valence-corrected chi connectivity index (χ2v) is 5.08. The van der Waals surface area contributed by atoms with Gasteiger partial charge in [-0.3, -0.25) is 4.79 Å². The van der Waals surface area contributed by atoms with Crippen molar-refractivity contribution in [1.82, 2.24) is 9.97 Å². The Bertz CT molecular complexity index is 610. The van der Waals surface area contributed by atoms with E-state index in [4.69, 9.17) is 23.2 Å². The van der Waals surface area contributed by atoms with Crippen LogP contribution in [-0.2, 0) is 6.54 Å². The Morgan fingerprint density at radius 1 is 1.39 bits per heavy atom. The molecular formula is C10H10Cl2N4OS. The van der Waals surface area contributed by atoms with E-state index in [-0.39, 0.29) is 4.87 Å². The van der Waals surface area contributed by atoms with Gasteiger partial charge in [0.15, 0.2) is 0 Å². The smallest absolute Gasteiger partial charge is 0.304 e. The fourth-order valence-electron chi connectivity index (χ4n) is 1.35. The highest BCUT2D eigenvalue weighted by molar-refractivity contribution is 7.07. The summed E-state index contributed by atoms with van der Waals surface area (Å²) in [4.78, 5) is 17.8. The second kappa shape index (κ2) is 5.60. The third-order valence-corrected chi connectivity index (χ3v) is 3.48. The molecule has 0 fully saturated rings. The minimum Gasteiger partial charge on any atom is -0.372 e. The zero-order chi connectivity index (χ0) is 13.1. The number of anilines is 2. The topological polar surface area (TPSA) is 69.8 Å². The molecule has 0 atom stereocenters. The largest absolute Gasteiger partial charge is 0.372 e. The molecule has 0 aliphatic rings. The number of pyridine rings is 1. The van der Waals surface area contributed by atoms with E-state index in [0.29, 0.717) is 28.2 Å². The molecule has 0 radical (unpaired) electrons. The Balaban J connectivity index is 2.16. The molecule has 5 nitrogen and oxygen atoms in total. The molecule has 0 aromatic carbocycles. The fraction of sp³-hybridized carbons (Fsp3) is 0.200. The van der Waals surface area contributed by atoms with Gasteiger partial charge in [0, 0.05) is 18.1 Å². The number of halogens is 2. The normalized spacial score (nSPS) is 10.4. The van der Waals surface area contributed by atoms with Crippen molar-refractivity contribution < 1.29 is 0 Å². The Morgan fingerprint density at radius 3 is 2.72 bits per heavy atom. The number of aromatic nitrogens is 2. The van der Waals surface area contributed by atoms with Crippen molar-refractivity contribution in [2.24, 2.45) is 0 Å². The van der Waals surface area contributed by atoms with Gasteiger partial charge in [-0.25, -0.2) is 4.98 Å². The Kier molecular flexibility index (Phi) is 4.11. The van der Waals surface area contributed by atoms with Gasteiger partial charge in [-0.1, -0.05) is 34.5 Å². The summed E-state index contributed by atoms with van der Waals surface area (Å²) in [6.45, 7) is 0.441. The highest BCUT2D eigenvalue weighted by Gasteiger charge is 2.08. The SMILES string of the molecule is CNc1nc(NCc2csc(=O)[nH]2)c(Cl)cc1Cl. The van der Waals surface area contributed by atoms with Gasteiger partial charge in [-0.05, 0) is 6.07 Å². The van der Waals surface area contributed by atoms with Gasteiger partial charge >= 0.3 is 4.87 Å². The van der Waals surface area contributed by atoms with Crippen molar-refractivity contribution in [3.63, 3.8) is 0 Å². The maximum atomic E-state index is 11.0. The molecule has 0 saturated carbocycles. The molecule has 2 rings (SSSR count). The van der Waals surface area contributed by atoms with Crippen molar-refractivity contribution in [3.05, 3.63) is 36.9 Å². The molecular weight excluding hydrogens is 295 g/mol. The molecule has 96 valence electrons. The van der Waals surface area contributed by atoms with Crippen molar-refractivity contribution >= 4 is 46.2 Å². The minimum absolute atomic E-state index is 0.0853. The van der Waals surface area contributed by atoms with E-state index in [1.165, 1.54) is 0 Å². The third-order valence-electron chi connectivity index (χ3n) is 2.18. The number of hydrogen-bond acceptors (Lipinski definition) is 5. The Hall–Kier alpha value is -1.24. The summed E-state index contributed by atoms with van der Waals surface area (Å²) in [5, 5.41) is 8.54. The number of nitrogens with zero attached hydrogens (tertiary/aromatic N) is 1. The quantitative estimate of drug-likeness (QED) is 0.812. The first-order valence-electron chi connectivity index (χ1n) is 5.04. The lowest BCUT2D eigenvalue weighted by Gasteiger charge is -2.09. The maximum Gasteiger partial charge on any atom is 0.304 e. The second-order valence-electron chi connectivity index (χ2n) is 3.43. The van der Waals surface area contributed by atoms with E-state index >= 15 is 0 Å². The van der Waals surface area contributed by atoms with Gasteiger partial charge in [-0.15, -0.1) is 0 Å². The van der Waals surface area contributed by atoms with Crippen LogP contribution in [0.4, 0.5) is 11.6 Å². The molecule has 8 heteroatoms. The summed E-state index contributed by atoms with van der Waals surface area (Å²) in [5.74, 6) is 1.06. The monoisotopic (exact) mass is 304 g/mol. The summed E-state index contributed by atoms with van der Waals surface area (Å²) in [5.41, 5.74) is 0.781. The van der Waals surface area contributed by atoms with Crippen molar-refractivity contribution in [2.45, 2.75) is 6.54 Å². The van der Waals surface area contributed by atoms with Gasteiger partial charge in [-0.2, -0.15) is 0 Å². The average Bonchev–Trinajstić information content (AvgIpc) is 2.74. The van der Waals surface area contributed by atoms with Crippen LogP contribution >= 0.6 is 34.5 Å². The summed E-state index contributed by atoms with van der Waals surface area (Å²) in [6.07, 6.45) is 0. The molecule has 3 N–H and O–H groups in total. The van der Waals surface area contributed by atoms with Crippen LogP contribution in [0, 0.1) is 0 Å². The molecule has 0 bridgehead atoms. The maximum absolute atomic E-state index is 11.0. The zero-order valence-corrected chi connectivity index (χ0v) is 11.7. The van der Waals surface area contributed by atoms with Gasteiger partial charge in [0.25, 0.3) is 0 Å². The van der Waals surface area contributed by atoms with Crippen molar-refractivity contribution in [3.8, 4) is 0 Å². The molecule has 0 spiro atoms. The number of aromatic amines is 1. The lowest BCUT2D eigenvalue weighted by molar-refractivity contribution is 1.04. The van der Waals surface area contributed by atoms with Crippen LogP contribution in [0.3, 0.4) is 0 Å². The Morgan fingerprint density at radius 2 is 2.11 bits per heavy atom. The van der Waals surface area contributed by atoms with E-state index in [1.807, 2.05) is 0 Å². The van der Waals surface area contributed by atoms with Gasteiger partial charge < -0.3 is 15.6 Å². The molecule has 2 heterocycles. The molecule has 18 heavy (non-hydrogen) atoms. The molecule has 2 aromatic heterocycles. The van der Waals surface area contributed by atoms with Crippen LogP contribution in [-0.4, -0.2) is 17.0 Å². The first-order valence-corrected chi connectivity index (χ1v) is 6.68. The van der Waals surface area contributed by atoms with Gasteiger partial charge in [0.1, 0.15) is 11.6 Å². The number of H-pyrrole nitrogens is 1. The molecule has 0 aliphatic carbocycles. The van der Waals surface area contributed by atoms with Crippen LogP contribution in [0.25, 0.3) is 0 Å². The van der Waals surface area contributed by atoms with E-state index in [2.05, 4.69) is 20.6 Å². The first-order chi connectivity index (χ1) is 8.60. The average molecular weight is 305 g/mol. The zero-order valence-electron chi connectivity index (χ0n) is 9.38. The van der Waals surface area contributed by atoms with Crippen molar-refractivity contribution in [2.75, 3.05) is 17.7 Å². The van der Waals surface area contributed by atoms with E-state index in [1.54, 1.807) is 18.5 Å². The predicted octanol–water partition coefficient (Wildman–Crippen LogP) is 2.79. The molecule has 0 unspecified atom stereocenters. The predicted molar refractivity (Wildman–Crippen MR) is 76.1 cm³/mol. The fourth-order valence-corrected chi connectivity index (χ4v) is 2.45.